The normalized spacial score (nSPS) is 34.0. The molecule has 2 aromatic rings. The van der Waals surface area contributed by atoms with Crippen LogP contribution in [0.25, 0.3) is 0 Å². The number of hydrogen-bond donors (Lipinski definition) is 1. The molecule has 1 atom stereocenters. The predicted octanol–water partition coefficient (Wildman–Crippen LogP) is 5.14. The van der Waals surface area contributed by atoms with Gasteiger partial charge in [0.15, 0.2) is 5.60 Å². The standard InChI is InChI=1S/C25H26O/c26-25(23-9-5-2-6-10-23,12-11-19-7-3-1-4-8-19)24-16-20-13-21(17-24)15-22(14-20)18-24/h1-10,20-22,26H,13-18H2. The number of benzene rings is 2. The summed E-state index contributed by atoms with van der Waals surface area (Å²) >= 11 is 0. The lowest BCUT2D eigenvalue weighted by Crippen LogP contribution is -2.56. The van der Waals surface area contributed by atoms with Crippen molar-refractivity contribution in [2.75, 3.05) is 0 Å². The van der Waals surface area contributed by atoms with Crippen LogP contribution in [0.2, 0.25) is 0 Å². The molecule has 6 rings (SSSR count). The third kappa shape index (κ3) is 2.51. The van der Waals surface area contributed by atoms with E-state index < -0.39 is 5.60 Å². The summed E-state index contributed by atoms with van der Waals surface area (Å²) in [6, 6.07) is 20.3. The van der Waals surface area contributed by atoms with E-state index in [2.05, 4.69) is 24.0 Å². The molecule has 1 heteroatoms. The fourth-order valence-electron chi connectivity index (χ4n) is 6.43. The maximum absolute atomic E-state index is 12.1. The van der Waals surface area contributed by atoms with Crippen LogP contribution in [0.5, 0.6) is 0 Å². The molecule has 0 radical (unpaired) electrons. The van der Waals surface area contributed by atoms with Gasteiger partial charge >= 0.3 is 0 Å². The molecule has 1 nitrogen and oxygen atoms in total. The van der Waals surface area contributed by atoms with Crippen molar-refractivity contribution in [1.82, 2.24) is 0 Å². The summed E-state index contributed by atoms with van der Waals surface area (Å²) in [4.78, 5) is 0. The first-order valence-electron chi connectivity index (χ1n) is 10.0. The smallest absolute Gasteiger partial charge is 0.156 e. The van der Waals surface area contributed by atoms with Gasteiger partial charge in [0.25, 0.3) is 0 Å². The molecule has 132 valence electrons. The first-order chi connectivity index (χ1) is 12.7. The zero-order chi connectivity index (χ0) is 17.6. The quantitative estimate of drug-likeness (QED) is 0.749. The zero-order valence-corrected chi connectivity index (χ0v) is 15.2. The largest absolute Gasteiger partial charge is 0.373 e. The molecule has 0 aromatic heterocycles. The van der Waals surface area contributed by atoms with Crippen LogP contribution in [0.4, 0.5) is 0 Å². The molecule has 0 heterocycles. The fourth-order valence-corrected chi connectivity index (χ4v) is 6.43. The van der Waals surface area contributed by atoms with Gasteiger partial charge in [0, 0.05) is 11.0 Å². The molecule has 1 unspecified atom stereocenters. The first kappa shape index (κ1) is 16.2. The topological polar surface area (TPSA) is 20.2 Å². The maximum Gasteiger partial charge on any atom is 0.156 e. The molecule has 4 aliphatic rings. The molecule has 4 fully saturated rings. The highest BCUT2D eigenvalue weighted by Crippen LogP contribution is 2.65. The first-order valence-corrected chi connectivity index (χ1v) is 10.0. The highest BCUT2D eigenvalue weighted by atomic mass is 16.3. The van der Waals surface area contributed by atoms with Gasteiger partial charge in [-0.05, 0) is 74.0 Å². The third-order valence-corrected chi connectivity index (χ3v) is 7.16. The lowest BCUT2D eigenvalue weighted by molar-refractivity contribution is -0.156. The lowest BCUT2D eigenvalue weighted by Gasteiger charge is -2.61. The van der Waals surface area contributed by atoms with Crippen LogP contribution < -0.4 is 0 Å². The minimum atomic E-state index is -1.06. The minimum absolute atomic E-state index is 0.0785. The van der Waals surface area contributed by atoms with E-state index in [1.807, 2.05) is 48.5 Å². The van der Waals surface area contributed by atoms with Crippen LogP contribution in [0, 0.1) is 35.0 Å². The van der Waals surface area contributed by atoms with Crippen LogP contribution in [-0.4, -0.2) is 5.11 Å². The van der Waals surface area contributed by atoms with E-state index >= 15 is 0 Å². The Morgan fingerprint density at radius 2 is 1.27 bits per heavy atom. The molecule has 2 aromatic carbocycles. The van der Waals surface area contributed by atoms with Gasteiger partial charge in [-0.3, -0.25) is 0 Å². The number of rotatable bonds is 2. The summed E-state index contributed by atoms with van der Waals surface area (Å²) < 4.78 is 0. The van der Waals surface area contributed by atoms with E-state index in [4.69, 9.17) is 0 Å². The molecule has 0 aliphatic heterocycles. The van der Waals surface area contributed by atoms with Crippen LogP contribution in [0.15, 0.2) is 60.7 Å². The van der Waals surface area contributed by atoms with Crippen LogP contribution in [0.3, 0.4) is 0 Å². The Labute approximate surface area is 156 Å². The van der Waals surface area contributed by atoms with Crippen molar-refractivity contribution in [1.29, 1.82) is 0 Å². The molecule has 4 bridgehead atoms. The average molecular weight is 342 g/mol. The summed E-state index contributed by atoms with van der Waals surface area (Å²) in [5.74, 6) is 9.06. The summed E-state index contributed by atoms with van der Waals surface area (Å²) in [5, 5.41) is 12.1. The molecule has 1 N–H and O–H groups in total. The van der Waals surface area contributed by atoms with Crippen molar-refractivity contribution in [2.45, 2.75) is 44.1 Å². The van der Waals surface area contributed by atoms with Gasteiger partial charge in [0.05, 0.1) is 0 Å². The minimum Gasteiger partial charge on any atom is -0.373 e. The molecule has 0 saturated heterocycles. The molecular formula is C25H26O. The van der Waals surface area contributed by atoms with Crippen molar-refractivity contribution >= 4 is 0 Å². The molecular weight excluding hydrogens is 316 g/mol. The number of hydrogen-bond acceptors (Lipinski definition) is 1. The molecule has 26 heavy (non-hydrogen) atoms. The van der Waals surface area contributed by atoms with E-state index in [9.17, 15) is 5.11 Å². The lowest BCUT2D eigenvalue weighted by atomic mass is 9.44. The predicted molar refractivity (Wildman–Crippen MR) is 104 cm³/mol. The van der Waals surface area contributed by atoms with Gasteiger partial charge in [-0.1, -0.05) is 60.4 Å². The monoisotopic (exact) mass is 342 g/mol. The second-order valence-electron chi connectivity index (χ2n) is 8.89. The summed E-state index contributed by atoms with van der Waals surface area (Å²) in [7, 11) is 0. The van der Waals surface area contributed by atoms with Crippen molar-refractivity contribution in [2.24, 2.45) is 23.2 Å². The summed E-state index contributed by atoms with van der Waals surface area (Å²) in [6.07, 6.45) is 7.51. The average Bonchev–Trinajstić information content (AvgIpc) is 2.66. The summed E-state index contributed by atoms with van der Waals surface area (Å²) in [5.41, 5.74) is 0.822. The second kappa shape index (κ2) is 6.00. The van der Waals surface area contributed by atoms with E-state index in [0.717, 1.165) is 48.1 Å². The zero-order valence-electron chi connectivity index (χ0n) is 15.2. The van der Waals surface area contributed by atoms with Crippen molar-refractivity contribution < 1.29 is 5.11 Å². The SMILES string of the molecule is OC(C#Cc1ccccc1)(c1ccccc1)C12CC3CC(CC(C3)C1)C2. The molecule has 0 spiro atoms. The van der Waals surface area contributed by atoms with Gasteiger partial charge in [-0.25, -0.2) is 0 Å². The van der Waals surface area contributed by atoms with Crippen LogP contribution >= 0.6 is 0 Å². The Kier molecular flexibility index (Phi) is 3.73. The van der Waals surface area contributed by atoms with E-state index in [-0.39, 0.29) is 5.41 Å². The van der Waals surface area contributed by atoms with Gasteiger partial charge in [0.1, 0.15) is 0 Å². The van der Waals surface area contributed by atoms with Crippen molar-refractivity contribution in [3.8, 4) is 11.8 Å². The molecule has 0 amide bonds. The number of aliphatic hydroxyl groups is 1. The van der Waals surface area contributed by atoms with E-state index in [1.54, 1.807) is 0 Å². The second-order valence-corrected chi connectivity index (χ2v) is 8.89. The van der Waals surface area contributed by atoms with Gasteiger partial charge < -0.3 is 5.11 Å². The third-order valence-electron chi connectivity index (χ3n) is 7.16. The summed E-state index contributed by atoms with van der Waals surface area (Å²) in [6.45, 7) is 0. The molecule has 4 saturated carbocycles. The van der Waals surface area contributed by atoms with Crippen molar-refractivity contribution in [3.63, 3.8) is 0 Å². The van der Waals surface area contributed by atoms with Gasteiger partial charge in [-0.2, -0.15) is 0 Å². The Morgan fingerprint density at radius 3 is 1.81 bits per heavy atom. The van der Waals surface area contributed by atoms with E-state index in [1.165, 1.54) is 19.3 Å². The Bertz CT molecular complexity index is 807. The van der Waals surface area contributed by atoms with Crippen LogP contribution in [0.1, 0.15) is 49.7 Å². The Balaban J connectivity index is 1.62. The Morgan fingerprint density at radius 1 is 0.769 bits per heavy atom. The Hall–Kier alpha value is -2.04. The van der Waals surface area contributed by atoms with Crippen LogP contribution in [-0.2, 0) is 5.60 Å². The van der Waals surface area contributed by atoms with Gasteiger partial charge in [0.2, 0.25) is 0 Å². The van der Waals surface area contributed by atoms with E-state index in [0.29, 0.717) is 0 Å². The molecule has 4 aliphatic carbocycles. The van der Waals surface area contributed by atoms with Gasteiger partial charge in [-0.15, -0.1) is 0 Å². The fraction of sp³-hybridized carbons (Fsp3) is 0.440. The van der Waals surface area contributed by atoms with Crippen molar-refractivity contribution in [3.05, 3.63) is 71.8 Å². The maximum atomic E-state index is 12.1. The highest BCUT2D eigenvalue weighted by Gasteiger charge is 2.60. The highest BCUT2D eigenvalue weighted by molar-refractivity contribution is 5.42.